The molecule has 0 saturated heterocycles. The van der Waals surface area contributed by atoms with Gasteiger partial charge in [0, 0.05) is 15.1 Å². The topological polar surface area (TPSA) is 70.9 Å². The molecule has 31 heavy (non-hydrogen) atoms. The number of carbonyl (C=O) groups is 1. The molecule has 9 heteroatoms. The number of hydrazone groups is 1. The highest BCUT2D eigenvalue weighted by Gasteiger charge is 2.10. The van der Waals surface area contributed by atoms with Crippen LogP contribution in [0.3, 0.4) is 0 Å². The van der Waals surface area contributed by atoms with Crippen molar-refractivity contribution in [1.82, 2.24) is 5.43 Å². The van der Waals surface area contributed by atoms with Crippen molar-refractivity contribution in [3.8, 4) is 11.5 Å². The molecular weight excluding hydrogens is 615 g/mol. The molecule has 0 atom stereocenters. The molecule has 0 aromatic heterocycles. The predicted molar refractivity (Wildman–Crippen MR) is 133 cm³/mol. The van der Waals surface area contributed by atoms with Crippen LogP contribution in [0.1, 0.15) is 16.7 Å². The molecule has 0 aliphatic rings. The zero-order valence-corrected chi connectivity index (χ0v) is 21.4. The number of phenols is 1. The summed E-state index contributed by atoms with van der Waals surface area (Å²) in [5, 5.41) is 14.7. The SMILES string of the molecule is O=C(COc1c(Br)cc(Br)cc1Br)N/N=C\c1cc(Cc2ccccc2Cl)ccc1O. The normalized spacial score (nSPS) is 11.0. The van der Waals surface area contributed by atoms with E-state index < -0.39 is 5.91 Å². The minimum atomic E-state index is -0.440. The second-order valence-corrected chi connectivity index (χ2v) is 9.47. The van der Waals surface area contributed by atoms with Gasteiger partial charge in [0.1, 0.15) is 11.5 Å². The minimum Gasteiger partial charge on any atom is -0.507 e. The van der Waals surface area contributed by atoms with E-state index in [4.69, 9.17) is 16.3 Å². The first-order valence-electron chi connectivity index (χ1n) is 8.98. The van der Waals surface area contributed by atoms with E-state index in [9.17, 15) is 9.90 Å². The number of aromatic hydroxyl groups is 1. The van der Waals surface area contributed by atoms with Crippen LogP contribution in [0.5, 0.6) is 11.5 Å². The van der Waals surface area contributed by atoms with Gasteiger partial charge in [-0.3, -0.25) is 4.79 Å². The average Bonchev–Trinajstić information content (AvgIpc) is 2.71. The molecule has 0 bridgehead atoms. The molecule has 3 aromatic rings. The number of halogens is 4. The lowest BCUT2D eigenvalue weighted by Crippen LogP contribution is -2.24. The Balaban J connectivity index is 1.60. The Hall–Kier alpha value is -1.87. The van der Waals surface area contributed by atoms with Gasteiger partial charge < -0.3 is 9.84 Å². The highest BCUT2D eigenvalue weighted by Crippen LogP contribution is 2.36. The number of rotatable bonds is 7. The van der Waals surface area contributed by atoms with Crippen LogP contribution in [-0.2, 0) is 11.2 Å². The molecule has 3 aromatic carbocycles. The third-order valence-corrected chi connectivity index (χ3v) is 6.15. The van der Waals surface area contributed by atoms with Crippen molar-refractivity contribution in [2.45, 2.75) is 6.42 Å². The van der Waals surface area contributed by atoms with Crippen molar-refractivity contribution in [1.29, 1.82) is 0 Å². The van der Waals surface area contributed by atoms with E-state index in [2.05, 4.69) is 58.3 Å². The molecule has 0 saturated carbocycles. The quantitative estimate of drug-likeness (QED) is 0.233. The fourth-order valence-electron chi connectivity index (χ4n) is 2.69. The van der Waals surface area contributed by atoms with Crippen LogP contribution in [0.15, 0.2) is 73.1 Å². The van der Waals surface area contributed by atoms with Crippen molar-refractivity contribution in [3.63, 3.8) is 0 Å². The first-order valence-corrected chi connectivity index (χ1v) is 11.7. The molecule has 2 N–H and O–H groups in total. The summed E-state index contributed by atoms with van der Waals surface area (Å²) in [5.74, 6) is 0.122. The first kappa shape index (κ1) is 23.8. The first-order chi connectivity index (χ1) is 14.8. The highest BCUT2D eigenvalue weighted by atomic mass is 79.9. The number of carbonyl (C=O) groups excluding carboxylic acids is 1. The number of benzene rings is 3. The average molecular weight is 632 g/mol. The minimum absolute atomic E-state index is 0.0554. The largest absolute Gasteiger partial charge is 0.507 e. The second-order valence-electron chi connectivity index (χ2n) is 6.44. The summed E-state index contributed by atoms with van der Waals surface area (Å²) in [6, 6.07) is 16.4. The predicted octanol–water partition coefficient (Wildman–Crippen LogP) is 6.45. The number of hydrogen-bond acceptors (Lipinski definition) is 4. The van der Waals surface area contributed by atoms with Crippen LogP contribution >= 0.6 is 59.4 Å². The van der Waals surface area contributed by atoms with Gasteiger partial charge in [0.2, 0.25) is 0 Å². The third kappa shape index (κ3) is 6.80. The lowest BCUT2D eigenvalue weighted by molar-refractivity contribution is -0.123. The van der Waals surface area contributed by atoms with Gasteiger partial charge >= 0.3 is 0 Å². The van der Waals surface area contributed by atoms with E-state index in [0.29, 0.717) is 31.7 Å². The van der Waals surface area contributed by atoms with Gasteiger partial charge in [-0.1, -0.05) is 51.8 Å². The molecule has 0 spiro atoms. The maximum Gasteiger partial charge on any atom is 0.277 e. The molecule has 1 amide bonds. The Bertz CT molecular complexity index is 1120. The van der Waals surface area contributed by atoms with E-state index in [1.807, 2.05) is 42.5 Å². The molecule has 0 radical (unpaired) electrons. The number of hydrogen-bond donors (Lipinski definition) is 2. The van der Waals surface area contributed by atoms with Crippen LogP contribution in [-0.4, -0.2) is 23.8 Å². The van der Waals surface area contributed by atoms with Crippen LogP contribution < -0.4 is 10.2 Å². The molecule has 5 nitrogen and oxygen atoms in total. The molecule has 160 valence electrons. The summed E-state index contributed by atoms with van der Waals surface area (Å²) in [5.41, 5.74) is 4.80. The van der Waals surface area contributed by atoms with Crippen molar-refractivity contribution < 1.29 is 14.6 Å². The van der Waals surface area contributed by atoms with Crippen molar-refractivity contribution in [2.24, 2.45) is 5.10 Å². The van der Waals surface area contributed by atoms with Gasteiger partial charge in [-0.25, -0.2) is 5.43 Å². The van der Waals surface area contributed by atoms with Crippen LogP contribution in [0.25, 0.3) is 0 Å². The summed E-state index contributed by atoms with van der Waals surface area (Å²) in [6.45, 7) is -0.227. The van der Waals surface area contributed by atoms with Crippen LogP contribution in [0, 0.1) is 0 Å². The zero-order valence-electron chi connectivity index (χ0n) is 15.9. The molecule has 0 aliphatic heterocycles. The Kier molecular flexibility index (Phi) is 8.54. The van der Waals surface area contributed by atoms with Gasteiger partial charge in [-0.2, -0.15) is 5.10 Å². The third-order valence-electron chi connectivity index (χ3n) is 4.15. The molecule has 0 fully saturated rings. The van der Waals surface area contributed by atoms with E-state index in [1.54, 1.807) is 12.1 Å². The number of amides is 1. The molecular formula is C22H16Br3ClN2O3. The van der Waals surface area contributed by atoms with Gasteiger partial charge in [-0.15, -0.1) is 0 Å². The van der Waals surface area contributed by atoms with E-state index in [0.717, 1.165) is 15.6 Å². The summed E-state index contributed by atoms with van der Waals surface area (Å²) in [4.78, 5) is 12.1. The van der Waals surface area contributed by atoms with E-state index in [1.165, 1.54) is 6.21 Å². The van der Waals surface area contributed by atoms with Crippen LogP contribution in [0.2, 0.25) is 5.02 Å². The molecule has 0 heterocycles. The fourth-order valence-corrected chi connectivity index (χ4v) is 5.38. The van der Waals surface area contributed by atoms with Crippen molar-refractivity contribution >= 4 is 71.5 Å². The Morgan fingerprint density at radius 1 is 1.10 bits per heavy atom. The Morgan fingerprint density at radius 3 is 2.52 bits per heavy atom. The molecule has 0 unspecified atom stereocenters. The van der Waals surface area contributed by atoms with E-state index >= 15 is 0 Å². The number of phenolic OH excluding ortho intramolecular Hbond substituents is 1. The number of nitrogens with zero attached hydrogens (tertiary/aromatic N) is 1. The van der Waals surface area contributed by atoms with Gasteiger partial charge in [0.05, 0.1) is 15.2 Å². The zero-order chi connectivity index (χ0) is 22.4. The second kappa shape index (κ2) is 11.1. The maximum atomic E-state index is 12.1. The molecule has 3 rings (SSSR count). The Labute approximate surface area is 209 Å². The van der Waals surface area contributed by atoms with Crippen LogP contribution in [0.4, 0.5) is 0 Å². The van der Waals surface area contributed by atoms with Gasteiger partial charge in [-0.05, 0) is 79.7 Å². The molecule has 0 aliphatic carbocycles. The number of nitrogens with one attached hydrogen (secondary N) is 1. The highest BCUT2D eigenvalue weighted by molar-refractivity contribution is 9.11. The summed E-state index contributed by atoms with van der Waals surface area (Å²) in [6.07, 6.45) is 1.99. The van der Waals surface area contributed by atoms with Crippen molar-refractivity contribution in [2.75, 3.05) is 6.61 Å². The lowest BCUT2D eigenvalue weighted by Gasteiger charge is -2.10. The van der Waals surface area contributed by atoms with Crippen molar-refractivity contribution in [3.05, 3.63) is 89.7 Å². The lowest BCUT2D eigenvalue weighted by atomic mass is 10.0. The summed E-state index contributed by atoms with van der Waals surface area (Å²) in [7, 11) is 0. The smallest absolute Gasteiger partial charge is 0.277 e. The summed E-state index contributed by atoms with van der Waals surface area (Å²) < 4.78 is 7.81. The number of ether oxygens (including phenoxy) is 1. The van der Waals surface area contributed by atoms with E-state index in [-0.39, 0.29) is 12.4 Å². The van der Waals surface area contributed by atoms with Gasteiger partial charge in [0.25, 0.3) is 5.91 Å². The Morgan fingerprint density at radius 2 is 1.81 bits per heavy atom. The van der Waals surface area contributed by atoms with Gasteiger partial charge in [0.15, 0.2) is 6.61 Å². The maximum absolute atomic E-state index is 12.1. The standard InChI is InChI=1S/C22H16Br3ClN2O3/c23-16-9-17(24)22(18(25)10-16)31-12-21(30)28-27-11-15-8-13(5-6-20(15)29)7-14-3-1-2-4-19(14)26/h1-6,8-11,29H,7,12H2,(H,28,30)/b27-11-. The summed E-state index contributed by atoms with van der Waals surface area (Å²) >= 11 is 16.4. The monoisotopic (exact) mass is 628 g/mol. The fraction of sp³-hybridized carbons (Fsp3) is 0.0909.